The largest absolute Gasteiger partial charge is 0.522 e. The van der Waals surface area contributed by atoms with E-state index in [1.54, 1.807) is 0 Å². The number of allylic oxidation sites excluding steroid dienone is 4. The summed E-state index contributed by atoms with van der Waals surface area (Å²) in [7, 11) is -7.10. The van der Waals surface area contributed by atoms with Crippen LogP contribution in [0.15, 0.2) is 182 Å². The van der Waals surface area contributed by atoms with E-state index in [0.717, 1.165) is 25.7 Å². The summed E-state index contributed by atoms with van der Waals surface area (Å²) in [6, 6.07) is 59.3. The van der Waals surface area contributed by atoms with Crippen molar-refractivity contribution in [3.8, 4) is 0 Å². The summed E-state index contributed by atoms with van der Waals surface area (Å²) in [5.41, 5.74) is 0.307. The summed E-state index contributed by atoms with van der Waals surface area (Å²) in [5, 5.41) is 8.73. The zero-order chi connectivity index (χ0) is 40.8. The summed E-state index contributed by atoms with van der Waals surface area (Å²) in [5.74, 6) is 0. The van der Waals surface area contributed by atoms with Gasteiger partial charge in [0.05, 0.1) is 0 Å². The van der Waals surface area contributed by atoms with Crippen LogP contribution in [0.4, 0.5) is 13.2 Å². The zero-order valence-electron chi connectivity index (χ0n) is 32.5. The number of rotatable bonds is 6. The van der Waals surface area contributed by atoms with Crippen molar-refractivity contribution in [1.82, 2.24) is 0 Å². The van der Waals surface area contributed by atoms with E-state index in [-0.39, 0.29) is 19.5 Å². The van der Waals surface area contributed by atoms with E-state index in [0.29, 0.717) is 0 Å². The summed E-state index contributed by atoms with van der Waals surface area (Å²) < 4.78 is 57.5. The van der Waals surface area contributed by atoms with Crippen LogP contribution in [-0.2, 0) is 55.3 Å². The number of benzene rings is 6. The van der Waals surface area contributed by atoms with Crippen molar-refractivity contribution in [3.63, 3.8) is 0 Å². The smallest absolute Gasteiger partial charge is 0.279 e. The van der Waals surface area contributed by atoms with Gasteiger partial charge in [-0.1, -0.05) is 182 Å². The molecule has 0 spiro atoms. The Kier molecular flexibility index (Phi) is 17.6. The van der Waals surface area contributed by atoms with E-state index in [4.69, 9.17) is 13.0 Å². The van der Waals surface area contributed by atoms with Crippen molar-refractivity contribution in [2.75, 3.05) is 0 Å². The number of aryl methyl sites for hydroxylation is 4. The average molecular weight is 938 g/mol. The number of alkyl halides is 3. The molecule has 0 saturated carbocycles. The summed E-state index contributed by atoms with van der Waals surface area (Å²) in [6.07, 6.45) is 18.2. The second kappa shape index (κ2) is 22.5. The normalized spacial score (nSPS) is 14.8. The van der Waals surface area contributed by atoms with Gasteiger partial charge in [0.15, 0.2) is 0 Å². The fraction of sp³-hybridized carbons (Fsp3) is 0.184. The number of hydrogen-bond donors (Lipinski definition) is 1. The first kappa shape index (κ1) is 46.1. The van der Waals surface area contributed by atoms with Gasteiger partial charge in [-0.3, -0.25) is 4.55 Å². The van der Waals surface area contributed by atoms with Crippen LogP contribution in [0, 0.1) is 0 Å². The van der Waals surface area contributed by atoms with Gasteiger partial charge in [0.2, 0.25) is 0 Å². The van der Waals surface area contributed by atoms with Crippen LogP contribution in [0.3, 0.4) is 0 Å². The molecule has 0 saturated heterocycles. The predicted octanol–water partition coefficient (Wildman–Crippen LogP) is 10.2. The number of halogens is 3. The van der Waals surface area contributed by atoms with Crippen LogP contribution in [0.5, 0.6) is 0 Å². The summed E-state index contributed by atoms with van der Waals surface area (Å²) >= 11 is 0. The molecule has 6 aromatic rings. The van der Waals surface area contributed by atoms with Gasteiger partial charge in [-0.15, -0.1) is 0 Å². The van der Waals surface area contributed by atoms with Gasteiger partial charge in [-0.05, 0) is 121 Å². The third kappa shape index (κ3) is 13.2. The minimum atomic E-state index is -5.84. The Hall–Kier alpha value is -4.02. The minimum Gasteiger partial charge on any atom is -0.279 e. The van der Waals surface area contributed by atoms with E-state index in [2.05, 4.69) is 182 Å². The molecular weight excluding hydrogens is 890 g/mol. The van der Waals surface area contributed by atoms with E-state index in [9.17, 15) is 13.2 Å². The van der Waals surface area contributed by atoms with Gasteiger partial charge in [0.25, 0.3) is 0 Å². The van der Waals surface area contributed by atoms with E-state index in [1.165, 1.54) is 79.8 Å². The molecule has 1 N–H and O–H groups in total. The van der Waals surface area contributed by atoms with E-state index >= 15 is 0 Å². The number of hydrogen-bond acceptors (Lipinski definition) is 2. The van der Waals surface area contributed by atoms with Crippen LogP contribution in [0.2, 0.25) is 0 Å². The quantitative estimate of drug-likeness (QED) is 0.0595. The predicted molar refractivity (Wildman–Crippen MR) is 239 cm³/mol. The first-order chi connectivity index (χ1) is 28.1. The van der Waals surface area contributed by atoms with Crippen LogP contribution in [0.25, 0.3) is 0 Å². The molecule has 1 radical (unpaired) electrons. The monoisotopic (exact) mass is 937 g/mol. The molecule has 0 unspecified atom stereocenters. The maximum atomic E-state index is 10.7. The third-order valence-electron chi connectivity index (χ3n) is 9.83. The van der Waals surface area contributed by atoms with Gasteiger partial charge in [0.1, 0.15) is 0 Å². The van der Waals surface area contributed by atoms with Crippen molar-refractivity contribution in [3.05, 3.63) is 204 Å². The molecule has 0 amide bonds. The fourth-order valence-electron chi connectivity index (χ4n) is 6.95. The second-order valence-corrected chi connectivity index (χ2v) is 19.7. The Labute approximate surface area is 362 Å². The topological polar surface area (TPSA) is 54.4 Å². The molecule has 59 heavy (non-hydrogen) atoms. The molecule has 11 rings (SSSR count). The Morgan fingerprint density at radius 2 is 0.712 bits per heavy atom. The Morgan fingerprint density at radius 3 is 0.966 bits per heavy atom. The van der Waals surface area contributed by atoms with Gasteiger partial charge in [-0.25, -0.2) is 0 Å². The fourth-order valence-corrected chi connectivity index (χ4v) is 12.1. The zero-order valence-corrected chi connectivity index (χ0v) is 36.8. The standard InChI is InChI=1S/C40H34P2.C8H12.CHF3O3S.Rh/c1-5-13-35(14-6-1)41(36-15-7-2-8-16-36)39-29-31-21-25-33(39)27-23-32-22-26-34(28-24-31)40(30-32)42(37-17-9-3-10-18-37)38-19-11-4-12-20-38;1-2-4-6-8-7-5-3-1;2-1(3,4)8(5,6)7;/h1-22,25-26,29-30H,23-24,27-28H2;1-2,7-8H,3-6H2;(H,5,6,7);/b;2-1-,8-7-;;. The maximum Gasteiger partial charge on any atom is 0.522 e. The summed E-state index contributed by atoms with van der Waals surface area (Å²) in [4.78, 5) is 0. The van der Waals surface area contributed by atoms with Crippen molar-refractivity contribution in [2.24, 2.45) is 0 Å². The van der Waals surface area contributed by atoms with E-state index < -0.39 is 31.5 Å². The molecule has 0 heterocycles. The Morgan fingerprint density at radius 1 is 0.441 bits per heavy atom. The van der Waals surface area contributed by atoms with Crippen LogP contribution >= 0.6 is 15.8 Å². The molecule has 6 aromatic carbocycles. The molecule has 0 aromatic heterocycles. The van der Waals surface area contributed by atoms with Crippen LogP contribution in [-0.4, -0.2) is 18.5 Å². The molecule has 0 atom stereocenters. The van der Waals surface area contributed by atoms with Gasteiger partial charge in [0, 0.05) is 19.5 Å². The molecule has 3 nitrogen and oxygen atoms in total. The SMILES string of the molecule is C1=C\CC/C=C\CC/1.O=S(=O)(O)C(F)(F)F.[Rh].c1ccc(P(c2ccccc2)c2cc3ccc2CCc2ccc(c(P(c4ccccc4)c4ccccc4)c2)CC3)cc1. The molecule has 0 fully saturated rings. The first-order valence-corrected chi connectivity index (χ1v) is 23.6. The second-order valence-electron chi connectivity index (χ2n) is 14.0. The summed E-state index contributed by atoms with van der Waals surface area (Å²) in [6.45, 7) is 0. The first-order valence-electron chi connectivity index (χ1n) is 19.5. The molecular formula is C49H47F3O3P2RhS. The molecule has 5 aliphatic carbocycles. The van der Waals surface area contributed by atoms with E-state index in [1.807, 2.05) is 0 Å². The maximum absolute atomic E-state index is 10.7. The third-order valence-corrected chi connectivity index (χ3v) is 15.5. The van der Waals surface area contributed by atoms with Gasteiger partial charge >= 0.3 is 15.6 Å². The Bertz CT molecular complexity index is 2140. The molecule has 0 aliphatic heterocycles. The molecule has 4 bridgehead atoms. The van der Waals surface area contributed by atoms with Crippen molar-refractivity contribution in [2.45, 2.75) is 56.9 Å². The van der Waals surface area contributed by atoms with Crippen LogP contribution in [0.1, 0.15) is 47.9 Å². The van der Waals surface area contributed by atoms with Crippen molar-refractivity contribution < 1.29 is 45.6 Å². The van der Waals surface area contributed by atoms with Gasteiger partial charge in [-0.2, -0.15) is 21.6 Å². The van der Waals surface area contributed by atoms with Crippen molar-refractivity contribution in [1.29, 1.82) is 0 Å². The molecule has 307 valence electrons. The van der Waals surface area contributed by atoms with Gasteiger partial charge < -0.3 is 0 Å². The average Bonchev–Trinajstić information content (AvgIpc) is 3.21. The molecule has 10 heteroatoms. The Balaban J connectivity index is 0.000000327. The van der Waals surface area contributed by atoms with Crippen LogP contribution < -0.4 is 31.8 Å². The molecule has 5 aliphatic rings. The minimum absolute atomic E-state index is 0. The van der Waals surface area contributed by atoms with Crippen molar-refractivity contribution >= 4 is 57.8 Å².